The van der Waals surface area contributed by atoms with Crippen molar-refractivity contribution in [2.75, 3.05) is 5.32 Å². The molecule has 1 N–H and O–H groups in total. The fourth-order valence-electron chi connectivity index (χ4n) is 3.74. The van der Waals surface area contributed by atoms with Crippen LogP contribution in [0, 0.1) is 18.6 Å². The number of fused-ring (bicyclic) bond motifs is 1. The summed E-state index contributed by atoms with van der Waals surface area (Å²) in [7, 11) is 0. The van der Waals surface area contributed by atoms with Crippen molar-refractivity contribution in [1.29, 1.82) is 0 Å². The van der Waals surface area contributed by atoms with Crippen molar-refractivity contribution in [3.05, 3.63) is 82.5 Å². The Labute approximate surface area is 166 Å². The Balaban J connectivity index is 1.54. The van der Waals surface area contributed by atoms with E-state index in [0.717, 1.165) is 22.3 Å². The normalized spacial score (nSPS) is 15.1. The molecule has 150 valence electrons. The molecule has 1 heterocycles. The first-order valence-corrected chi connectivity index (χ1v) is 9.46. The molecule has 1 aliphatic rings. The van der Waals surface area contributed by atoms with Crippen molar-refractivity contribution in [3.63, 3.8) is 0 Å². The molecule has 6 heteroatoms. The van der Waals surface area contributed by atoms with Gasteiger partial charge in [0.05, 0.1) is 0 Å². The molecule has 0 fully saturated rings. The van der Waals surface area contributed by atoms with Crippen LogP contribution in [0.15, 0.2) is 48.7 Å². The predicted molar refractivity (Wildman–Crippen MR) is 105 cm³/mol. The molecule has 0 radical (unpaired) electrons. The Hall–Kier alpha value is -2.89. The highest BCUT2D eigenvalue weighted by Crippen LogP contribution is 2.36. The third-order valence-corrected chi connectivity index (χ3v) is 5.34. The quantitative estimate of drug-likeness (QED) is 0.538. The van der Waals surface area contributed by atoms with Gasteiger partial charge in [0.25, 0.3) is 5.92 Å². The number of nitrogens with one attached hydrogen (secondary N) is 1. The lowest BCUT2D eigenvalue weighted by Crippen LogP contribution is -2.26. The Bertz CT molecular complexity index is 1030. The van der Waals surface area contributed by atoms with E-state index in [4.69, 9.17) is 0 Å². The Morgan fingerprint density at radius 1 is 1.03 bits per heavy atom. The summed E-state index contributed by atoms with van der Waals surface area (Å²) in [5.41, 5.74) is 4.28. The molecule has 29 heavy (non-hydrogen) atoms. The zero-order chi connectivity index (χ0) is 20.6. The number of anilines is 1. The van der Waals surface area contributed by atoms with Gasteiger partial charge in [0.1, 0.15) is 17.5 Å². The number of alkyl halides is 2. The lowest BCUT2D eigenvalue weighted by atomic mass is 9.85. The highest BCUT2D eigenvalue weighted by Gasteiger charge is 2.34. The number of aryl methyl sites for hydroxylation is 2. The molecule has 1 aromatic heterocycles. The van der Waals surface area contributed by atoms with Crippen molar-refractivity contribution >= 4 is 5.82 Å². The van der Waals surface area contributed by atoms with Crippen molar-refractivity contribution in [2.24, 2.45) is 0 Å². The molecule has 2 nitrogen and oxygen atoms in total. The third-order valence-electron chi connectivity index (χ3n) is 5.34. The molecule has 0 bridgehead atoms. The molecule has 0 saturated heterocycles. The molecule has 0 atom stereocenters. The first-order chi connectivity index (χ1) is 13.8. The van der Waals surface area contributed by atoms with Gasteiger partial charge >= 0.3 is 0 Å². The molecular formula is C23H20F4N2. The van der Waals surface area contributed by atoms with E-state index in [1.54, 1.807) is 12.3 Å². The number of aromatic nitrogens is 1. The van der Waals surface area contributed by atoms with Gasteiger partial charge in [0.2, 0.25) is 0 Å². The number of halogens is 4. The molecular weight excluding hydrogens is 380 g/mol. The van der Waals surface area contributed by atoms with Crippen LogP contribution in [0.3, 0.4) is 0 Å². The second-order valence-electron chi connectivity index (χ2n) is 7.45. The van der Waals surface area contributed by atoms with E-state index in [1.165, 1.54) is 18.2 Å². The number of pyridine rings is 1. The number of hydrogen-bond acceptors (Lipinski definition) is 2. The zero-order valence-corrected chi connectivity index (χ0v) is 15.9. The smallest absolute Gasteiger partial charge is 0.252 e. The van der Waals surface area contributed by atoms with Crippen LogP contribution in [0.1, 0.15) is 28.7 Å². The van der Waals surface area contributed by atoms with Crippen LogP contribution in [-0.4, -0.2) is 10.9 Å². The van der Waals surface area contributed by atoms with Gasteiger partial charge in [-0.25, -0.2) is 22.5 Å². The van der Waals surface area contributed by atoms with Crippen molar-refractivity contribution < 1.29 is 17.6 Å². The first kappa shape index (κ1) is 19.4. The van der Waals surface area contributed by atoms with Crippen molar-refractivity contribution in [1.82, 2.24) is 4.98 Å². The monoisotopic (exact) mass is 400 g/mol. The van der Waals surface area contributed by atoms with E-state index in [-0.39, 0.29) is 24.9 Å². The van der Waals surface area contributed by atoms with Crippen LogP contribution < -0.4 is 5.32 Å². The van der Waals surface area contributed by atoms with Crippen LogP contribution in [-0.2, 0) is 19.4 Å². The van der Waals surface area contributed by atoms with Crippen LogP contribution in [0.4, 0.5) is 23.4 Å². The molecule has 0 unspecified atom stereocenters. The van der Waals surface area contributed by atoms with Crippen LogP contribution in [0.25, 0.3) is 11.1 Å². The lowest BCUT2D eigenvalue weighted by molar-refractivity contribution is -0.0122. The molecule has 3 aromatic rings. The summed E-state index contributed by atoms with van der Waals surface area (Å²) in [6, 6.07) is 11.1. The fraction of sp³-hybridized carbons (Fsp3) is 0.261. The minimum Gasteiger partial charge on any atom is -0.366 e. The second-order valence-corrected chi connectivity index (χ2v) is 7.45. The molecule has 0 aliphatic heterocycles. The molecule has 4 rings (SSSR count). The topological polar surface area (TPSA) is 24.9 Å². The van der Waals surface area contributed by atoms with Crippen molar-refractivity contribution in [3.8, 4) is 11.1 Å². The van der Waals surface area contributed by atoms with Crippen molar-refractivity contribution in [2.45, 2.75) is 38.7 Å². The van der Waals surface area contributed by atoms with E-state index < -0.39 is 17.6 Å². The highest BCUT2D eigenvalue weighted by molar-refractivity contribution is 5.69. The average Bonchev–Trinajstić information content (AvgIpc) is 2.68. The summed E-state index contributed by atoms with van der Waals surface area (Å²) >= 11 is 0. The van der Waals surface area contributed by atoms with E-state index in [1.807, 2.05) is 25.1 Å². The standard InChI is InChI=1S/C23H20F4N2/c1-14-9-15-7-8-23(26,27)11-17(15)10-18(14)16-5-6-22(28-12-16)29-13-19-20(24)3-2-4-21(19)25/h2-6,9-10,12H,7-8,11,13H2,1H3,(H,28,29). The Morgan fingerprint density at radius 2 is 1.79 bits per heavy atom. The number of nitrogens with zero attached hydrogens (tertiary/aromatic N) is 1. The molecule has 0 saturated carbocycles. The average molecular weight is 400 g/mol. The van der Waals surface area contributed by atoms with E-state index in [0.29, 0.717) is 17.8 Å². The summed E-state index contributed by atoms with van der Waals surface area (Å²) in [4.78, 5) is 4.31. The van der Waals surface area contributed by atoms with Gasteiger partial charge in [0, 0.05) is 36.7 Å². The molecule has 0 spiro atoms. The first-order valence-electron chi connectivity index (χ1n) is 9.46. The van der Waals surface area contributed by atoms with E-state index in [9.17, 15) is 17.6 Å². The SMILES string of the molecule is Cc1cc2c(cc1-c1ccc(NCc3c(F)cccc3F)nc1)CC(F)(F)CC2. The summed E-state index contributed by atoms with van der Waals surface area (Å²) in [6.45, 7) is 1.92. The summed E-state index contributed by atoms with van der Waals surface area (Å²) in [5, 5.41) is 2.91. The Kier molecular flexibility index (Phi) is 5.03. The lowest BCUT2D eigenvalue weighted by Gasteiger charge is -2.25. The van der Waals surface area contributed by atoms with Gasteiger partial charge in [-0.15, -0.1) is 0 Å². The molecule has 2 aromatic carbocycles. The maximum absolute atomic E-state index is 13.8. The molecule has 1 aliphatic carbocycles. The fourth-order valence-corrected chi connectivity index (χ4v) is 3.74. The third kappa shape index (κ3) is 4.11. The minimum atomic E-state index is -2.66. The number of hydrogen-bond donors (Lipinski definition) is 1. The minimum absolute atomic E-state index is 0.0300. The zero-order valence-electron chi connectivity index (χ0n) is 15.9. The predicted octanol–water partition coefficient (Wildman–Crippen LogP) is 6.07. The Morgan fingerprint density at radius 3 is 2.48 bits per heavy atom. The summed E-state index contributed by atoms with van der Waals surface area (Å²) in [6.07, 6.45) is 1.67. The van der Waals surface area contributed by atoms with Gasteiger partial charge in [0.15, 0.2) is 0 Å². The van der Waals surface area contributed by atoms with Crippen LogP contribution in [0.5, 0.6) is 0 Å². The number of rotatable bonds is 4. The largest absolute Gasteiger partial charge is 0.366 e. The highest BCUT2D eigenvalue weighted by atomic mass is 19.3. The van der Waals surface area contributed by atoms with Gasteiger partial charge < -0.3 is 5.32 Å². The molecule has 0 amide bonds. The van der Waals surface area contributed by atoms with Crippen LogP contribution in [0.2, 0.25) is 0 Å². The summed E-state index contributed by atoms with van der Waals surface area (Å²) < 4.78 is 55.0. The maximum atomic E-state index is 13.8. The second kappa shape index (κ2) is 7.50. The van der Waals surface area contributed by atoms with Gasteiger partial charge in [-0.3, -0.25) is 0 Å². The maximum Gasteiger partial charge on any atom is 0.252 e. The van der Waals surface area contributed by atoms with Gasteiger partial charge in [-0.2, -0.15) is 0 Å². The van der Waals surface area contributed by atoms with Crippen LogP contribution >= 0.6 is 0 Å². The van der Waals surface area contributed by atoms with E-state index in [2.05, 4.69) is 10.3 Å². The van der Waals surface area contributed by atoms with Gasteiger partial charge in [-0.1, -0.05) is 18.2 Å². The number of benzene rings is 2. The summed E-state index contributed by atoms with van der Waals surface area (Å²) in [5.74, 6) is -3.42. The van der Waals surface area contributed by atoms with Gasteiger partial charge in [-0.05, 0) is 59.9 Å². The van der Waals surface area contributed by atoms with E-state index >= 15 is 0 Å².